The molecule has 0 bridgehead atoms. The number of unbranched alkanes of at least 4 members (excludes halogenated alkanes) is 1. The molecule has 0 aliphatic rings. The van der Waals surface area contributed by atoms with E-state index in [2.05, 4.69) is 5.32 Å². The molecule has 0 aliphatic heterocycles. The normalized spacial score (nSPS) is 12.0. The van der Waals surface area contributed by atoms with Gasteiger partial charge in [-0.1, -0.05) is 102 Å². The third-order valence-corrected chi connectivity index (χ3v) is 8.71. The minimum atomic E-state index is -4.02. The van der Waals surface area contributed by atoms with Gasteiger partial charge >= 0.3 is 0 Å². The molecule has 2 amide bonds. The van der Waals surface area contributed by atoms with Gasteiger partial charge in [-0.3, -0.25) is 13.9 Å². The largest absolute Gasteiger partial charge is 0.354 e. The summed E-state index contributed by atoms with van der Waals surface area (Å²) in [6.07, 6.45) is 2.82. The van der Waals surface area contributed by atoms with Gasteiger partial charge in [-0.25, -0.2) is 8.42 Å². The highest BCUT2D eigenvalue weighted by Crippen LogP contribution is 2.35. The zero-order chi connectivity index (χ0) is 30.2. The van der Waals surface area contributed by atoms with Crippen molar-refractivity contribution in [2.24, 2.45) is 0 Å². The van der Waals surface area contributed by atoms with E-state index in [0.29, 0.717) is 17.1 Å². The van der Waals surface area contributed by atoms with Crippen LogP contribution in [-0.2, 0) is 32.6 Å². The van der Waals surface area contributed by atoms with Gasteiger partial charge in [0.25, 0.3) is 0 Å². The van der Waals surface area contributed by atoms with Gasteiger partial charge in [0.05, 0.1) is 27.0 Å². The molecule has 12 heteroatoms. The molecule has 1 atom stereocenters. The molecular weight excluding hydrogens is 628 g/mol. The monoisotopic (exact) mass is 657 g/mol. The summed E-state index contributed by atoms with van der Waals surface area (Å²) in [7, 11) is -4.02. The second-order valence-corrected chi connectivity index (χ2v) is 13.1. The van der Waals surface area contributed by atoms with Crippen molar-refractivity contribution in [2.45, 2.75) is 38.8 Å². The van der Waals surface area contributed by atoms with E-state index in [9.17, 15) is 18.0 Å². The van der Waals surface area contributed by atoms with Crippen LogP contribution in [0.1, 0.15) is 30.9 Å². The first-order chi connectivity index (χ1) is 19.4. The molecule has 0 aliphatic carbocycles. The number of halogens is 4. The molecule has 1 unspecified atom stereocenters. The lowest BCUT2D eigenvalue weighted by atomic mass is 10.0. The molecule has 7 nitrogen and oxygen atoms in total. The molecule has 0 fully saturated rings. The van der Waals surface area contributed by atoms with Crippen LogP contribution < -0.4 is 9.62 Å². The number of carbonyl (C=O) groups is 2. The molecule has 41 heavy (non-hydrogen) atoms. The van der Waals surface area contributed by atoms with Crippen molar-refractivity contribution in [1.29, 1.82) is 0 Å². The van der Waals surface area contributed by atoms with Crippen molar-refractivity contribution in [2.75, 3.05) is 23.7 Å². The Morgan fingerprint density at radius 3 is 2.12 bits per heavy atom. The Kier molecular flexibility index (Phi) is 12.2. The quantitative estimate of drug-likeness (QED) is 0.165. The summed E-state index contributed by atoms with van der Waals surface area (Å²) in [5.41, 5.74) is 1.54. The van der Waals surface area contributed by atoms with Gasteiger partial charge in [-0.2, -0.15) is 0 Å². The molecule has 0 spiro atoms. The molecule has 0 saturated carbocycles. The Morgan fingerprint density at radius 1 is 0.878 bits per heavy atom. The Balaban J connectivity index is 2.07. The minimum absolute atomic E-state index is 0.0000190. The van der Waals surface area contributed by atoms with Gasteiger partial charge < -0.3 is 10.2 Å². The van der Waals surface area contributed by atoms with Gasteiger partial charge in [0.2, 0.25) is 21.8 Å². The average Bonchev–Trinajstić information content (AvgIpc) is 2.92. The van der Waals surface area contributed by atoms with Crippen molar-refractivity contribution in [3.8, 4) is 0 Å². The van der Waals surface area contributed by atoms with Crippen LogP contribution in [0.25, 0.3) is 0 Å². The fourth-order valence-electron chi connectivity index (χ4n) is 4.14. The first-order valence-electron chi connectivity index (χ1n) is 12.9. The number of carbonyl (C=O) groups excluding carboxylic acids is 2. The second-order valence-electron chi connectivity index (χ2n) is 9.49. The van der Waals surface area contributed by atoms with E-state index in [4.69, 9.17) is 46.4 Å². The summed E-state index contributed by atoms with van der Waals surface area (Å²) in [4.78, 5) is 29.1. The summed E-state index contributed by atoms with van der Waals surface area (Å²) in [5.74, 6) is -0.956. The number of rotatable bonds is 13. The minimum Gasteiger partial charge on any atom is -0.354 e. The van der Waals surface area contributed by atoms with Crippen LogP contribution in [0.5, 0.6) is 0 Å². The average molecular weight is 659 g/mol. The first kappa shape index (κ1) is 33.0. The highest BCUT2D eigenvalue weighted by Gasteiger charge is 2.33. The topological polar surface area (TPSA) is 86.8 Å². The van der Waals surface area contributed by atoms with Gasteiger partial charge in [-0.05, 0) is 41.8 Å². The van der Waals surface area contributed by atoms with Crippen LogP contribution in [0.4, 0.5) is 5.69 Å². The number of hydrogen-bond donors (Lipinski definition) is 1. The maximum Gasteiger partial charge on any atom is 0.244 e. The summed E-state index contributed by atoms with van der Waals surface area (Å²) in [5, 5.41) is 3.66. The number of nitrogens with one attached hydrogen (secondary N) is 1. The number of benzene rings is 3. The molecular formula is C29H31Cl4N3O4S. The molecule has 0 radical (unpaired) electrons. The van der Waals surface area contributed by atoms with E-state index in [1.807, 2.05) is 37.3 Å². The van der Waals surface area contributed by atoms with Crippen molar-refractivity contribution in [1.82, 2.24) is 10.2 Å². The Labute approximate surface area is 261 Å². The number of hydrogen-bond acceptors (Lipinski definition) is 4. The lowest BCUT2D eigenvalue weighted by molar-refractivity contribution is -0.140. The summed E-state index contributed by atoms with van der Waals surface area (Å²) >= 11 is 24.7. The van der Waals surface area contributed by atoms with E-state index in [0.717, 1.165) is 29.0 Å². The SMILES string of the molecule is CCCCNC(=O)C(Cc1ccccc1)N(Cc1ccc(Cl)cc1)C(=O)CN(c1cc(Cl)c(Cl)cc1Cl)S(C)(=O)=O. The number of anilines is 1. The zero-order valence-electron chi connectivity index (χ0n) is 22.6. The lowest BCUT2D eigenvalue weighted by Gasteiger charge is -2.33. The van der Waals surface area contributed by atoms with Crippen LogP contribution in [-0.4, -0.2) is 50.5 Å². The van der Waals surface area contributed by atoms with Crippen molar-refractivity contribution in [3.05, 3.63) is 97.9 Å². The van der Waals surface area contributed by atoms with Crippen LogP contribution in [0.15, 0.2) is 66.7 Å². The molecule has 1 N–H and O–H groups in total. The van der Waals surface area contributed by atoms with Crippen molar-refractivity contribution < 1.29 is 18.0 Å². The summed E-state index contributed by atoms with van der Waals surface area (Å²) in [6.45, 7) is 1.86. The molecule has 0 aromatic heterocycles. The highest BCUT2D eigenvalue weighted by molar-refractivity contribution is 7.92. The number of sulfonamides is 1. The Bertz CT molecular complexity index is 1450. The Hall–Kier alpha value is -2.49. The zero-order valence-corrected chi connectivity index (χ0v) is 26.5. The molecule has 220 valence electrons. The van der Waals surface area contributed by atoms with Gasteiger partial charge in [0.1, 0.15) is 12.6 Å². The smallest absolute Gasteiger partial charge is 0.244 e. The van der Waals surface area contributed by atoms with E-state index >= 15 is 0 Å². The third-order valence-electron chi connectivity index (χ3n) is 6.30. The lowest BCUT2D eigenvalue weighted by Crippen LogP contribution is -2.53. The van der Waals surface area contributed by atoms with Crippen molar-refractivity contribution >= 4 is 73.9 Å². The molecule has 0 saturated heterocycles. The van der Waals surface area contributed by atoms with Gasteiger partial charge in [0.15, 0.2) is 0 Å². The fraction of sp³-hybridized carbons (Fsp3) is 0.310. The van der Waals surface area contributed by atoms with Crippen LogP contribution in [0.3, 0.4) is 0 Å². The predicted octanol–water partition coefficient (Wildman–Crippen LogP) is 6.62. The van der Waals surface area contributed by atoms with Crippen LogP contribution >= 0.6 is 46.4 Å². The predicted molar refractivity (Wildman–Crippen MR) is 168 cm³/mol. The molecule has 3 aromatic rings. The van der Waals surface area contributed by atoms with Crippen LogP contribution in [0, 0.1) is 0 Å². The van der Waals surface area contributed by atoms with Crippen LogP contribution in [0.2, 0.25) is 20.1 Å². The maximum atomic E-state index is 14.1. The molecule has 3 aromatic carbocycles. The maximum absolute atomic E-state index is 14.1. The fourth-order valence-corrected chi connectivity index (χ4v) is 5.82. The van der Waals surface area contributed by atoms with E-state index < -0.39 is 28.5 Å². The molecule has 3 rings (SSSR count). The van der Waals surface area contributed by atoms with Gasteiger partial charge in [-0.15, -0.1) is 0 Å². The van der Waals surface area contributed by atoms with Gasteiger partial charge in [0, 0.05) is 24.5 Å². The van der Waals surface area contributed by atoms with E-state index in [1.165, 1.54) is 17.0 Å². The van der Waals surface area contributed by atoms with Crippen molar-refractivity contribution in [3.63, 3.8) is 0 Å². The second kappa shape index (κ2) is 15.1. The van der Waals surface area contributed by atoms with E-state index in [-0.39, 0.29) is 39.6 Å². The first-order valence-corrected chi connectivity index (χ1v) is 16.2. The highest BCUT2D eigenvalue weighted by atomic mass is 35.5. The third kappa shape index (κ3) is 9.51. The standard InChI is InChI=1S/C29H31Cl4N3O4S/c1-3-4-14-34-29(38)27(15-20-8-6-5-7-9-20)35(18-21-10-12-22(30)13-11-21)28(37)19-36(41(2,39)40)26-17-24(32)23(31)16-25(26)33/h5-13,16-17,27H,3-4,14-15,18-19H2,1-2H3,(H,34,38). The summed E-state index contributed by atoms with van der Waals surface area (Å²) < 4.78 is 26.7. The number of nitrogens with zero attached hydrogens (tertiary/aromatic N) is 2. The molecule has 0 heterocycles. The Morgan fingerprint density at radius 2 is 1.51 bits per heavy atom. The summed E-state index contributed by atoms with van der Waals surface area (Å²) in [6, 6.07) is 17.8. The number of amides is 2. The van der Waals surface area contributed by atoms with E-state index in [1.54, 1.807) is 24.3 Å².